The molecule has 0 aromatic rings. The molecule has 0 aliphatic rings. The molecule has 0 fully saturated rings. The van der Waals surface area contributed by atoms with Gasteiger partial charge in [-0.2, -0.15) is 0 Å². The summed E-state index contributed by atoms with van der Waals surface area (Å²) in [4.78, 5) is 2.31. The van der Waals surface area contributed by atoms with Crippen LogP contribution in [0, 0.1) is 0 Å². The van der Waals surface area contributed by atoms with Crippen LogP contribution in [0.5, 0.6) is 0 Å². The molecule has 0 aromatic heterocycles. The van der Waals surface area contributed by atoms with E-state index in [0.717, 1.165) is 31.9 Å². The fourth-order valence-electron chi connectivity index (χ4n) is 1.68. The minimum Gasteiger partial charge on any atom is -0.389 e. The van der Waals surface area contributed by atoms with E-state index in [1.54, 1.807) is 0 Å². The summed E-state index contributed by atoms with van der Waals surface area (Å²) < 4.78 is 0. The molecule has 2 nitrogen and oxygen atoms in total. The molecule has 0 atom stereocenters. The molecular formula is C12H26ClNO. The van der Waals surface area contributed by atoms with Gasteiger partial charge in [-0.15, -0.1) is 11.6 Å². The molecule has 0 saturated carbocycles. The molecule has 0 heterocycles. The van der Waals surface area contributed by atoms with E-state index in [1.807, 2.05) is 13.8 Å². The van der Waals surface area contributed by atoms with Gasteiger partial charge in [0.15, 0.2) is 0 Å². The molecule has 0 spiro atoms. The largest absolute Gasteiger partial charge is 0.389 e. The number of hydrogen-bond acceptors (Lipinski definition) is 2. The first kappa shape index (κ1) is 15.2. The fraction of sp³-hybridized carbons (Fsp3) is 1.00. The summed E-state index contributed by atoms with van der Waals surface area (Å²) in [5.74, 6) is 0.779. The molecule has 92 valence electrons. The molecule has 0 rings (SSSR count). The molecule has 0 aromatic carbocycles. The maximum absolute atomic E-state index is 9.70. The molecule has 0 saturated heterocycles. The minimum atomic E-state index is -0.577. The summed E-state index contributed by atoms with van der Waals surface area (Å²) in [7, 11) is 0. The lowest BCUT2D eigenvalue weighted by Crippen LogP contribution is -2.39. The highest BCUT2D eigenvalue weighted by Gasteiger charge is 2.16. The number of rotatable bonds is 9. The second-order valence-corrected chi connectivity index (χ2v) is 5.16. The Labute approximate surface area is 99.6 Å². The van der Waals surface area contributed by atoms with E-state index in [0.29, 0.717) is 0 Å². The highest BCUT2D eigenvalue weighted by molar-refractivity contribution is 6.17. The Kier molecular flexibility index (Phi) is 8.49. The van der Waals surface area contributed by atoms with Gasteiger partial charge in [0, 0.05) is 12.4 Å². The lowest BCUT2D eigenvalue weighted by molar-refractivity contribution is 0.0373. The van der Waals surface area contributed by atoms with E-state index >= 15 is 0 Å². The predicted octanol–water partition coefficient (Wildman–Crippen LogP) is 2.88. The van der Waals surface area contributed by atoms with Crippen LogP contribution in [0.25, 0.3) is 0 Å². The van der Waals surface area contributed by atoms with Crippen molar-refractivity contribution >= 4 is 11.6 Å². The van der Waals surface area contributed by atoms with Crippen molar-refractivity contribution in [1.29, 1.82) is 0 Å². The first-order valence-corrected chi connectivity index (χ1v) is 6.53. The number of hydrogen-bond donors (Lipinski definition) is 1. The highest BCUT2D eigenvalue weighted by atomic mass is 35.5. The van der Waals surface area contributed by atoms with Gasteiger partial charge in [0.05, 0.1) is 5.60 Å². The molecule has 0 bridgehead atoms. The minimum absolute atomic E-state index is 0.577. The van der Waals surface area contributed by atoms with Crippen molar-refractivity contribution in [1.82, 2.24) is 4.90 Å². The zero-order chi connectivity index (χ0) is 11.7. The zero-order valence-electron chi connectivity index (χ0n) is 10.4. The van der Waals surface area contributed by atoms with Crippen molar-refractivity contribution in [3.63, 3.8) is 0 Å². The van der Waals surface area contributed by atoms with Crippen molar-refractivity contribution in [2.24, 2.45) is 0 Å². The van der Waals surface area contributed by atoms with Crippen molar-refractivity contribution < 1.29 is 5.11 Å². The number of aliphatic hydroxyl groups is 1. The van der Waals surface area contributed by atoms with Crippen LogP contribution in [0.4, 0.5) is 0 Å². The number of alkyl halides is 1. The van der Waals surface area contributed by atoms with Crippen molar-refractivity contribution in [3.05, 3.63) is 0 Å². The van der Waals surface area contributed by atoms with Crippen LogP contribution < -0.4 is 0 Å². The molecule has 0 unspecified atom stereocenters. The van der Waals surface area contributed by atoms with Gasteiger partial charge in [-0.1, -0.05) is 19.8 Å². The van der Waals surface area contributed by atoms with Crippen LogP contribution in [-0.2, 0) is 0 Å². The zero-order valence-corrected chi connectivity index (χ0v) is 11.2. The molecule has 0 aliphatic carbocycles. The highest BCUT2D eigenvalue weighted by Crippen LogP contribution is 2.07. The molecular weight excluding hydrogens is 210 g/mol. The third kappa shape index (κ3) is 10.5. The van der Waals surface area contributed by atoms with Gasteiger partial charge in [-0.3, -0.25) is 0 Å². The van der Waals surface area contributed by atoms with E-state index < -0.39 is 5.60 Å². The Hall–Kier alpha value is 0.210. The number of unbranched alkanes of at least 4 members (excludes halogenated alkanes) is 3. The summed E-state index contributed by atoms with van der Waals surface area (Å²) in [6, 6.07) is 0. The van der Waals surface area contributed by atoms with E-state index in [2.05, 4.69) is 11.8 Å². The molecule has 0 radical (unpaired) electrons. The molecule has 15 heavy (non-hydrogen) atoms. The first-order valence-electron chi connectivity index (χ1n) is 6.00. The molecule has 0 aliphatic heterocycles. The van der Waals surface area contributed by atoms with Crippen molar-refractivity contribution in [2.75, 3.05) is 25.5 Å². The molecule has 0 amide bonds. The fourth-order valence-corrected chi connectivity index (χ4v) is 1.87. The summed E-state index contributed by atoms with van der Waals surface area (Å²) in [5, 5.41) is 9.70. The summed E-state index contributed by atoms with van der Waals surface area (Å²) in [5.41, 5.74) is -0.577. The lowest BCUT2D eigenvalue weighted by Gasteiger charge is -2.27. The van der Waals surface area contributed by atoms with Crippen LogP contribution in [0.1, 0.15) is 46.5 Å². The first-order chi connectivity index (χ1) is 6.99. The van der Waals surface area contributed by atoms with Gasteiger partial charge in [0.2, 0.25) is 0 Å². The van der Waals surface area contributed by atoms with Crippen LogP contribution in [0.15, 0.2) is 0 Å². The topological polar surface area (TPSA) is 23.5 Å². The average molecular weight is 236 g/mol. The van der Waals surface area contributed by atoms with E-state index in [-0.39, 0.29) is 0 Å². The monoisotopic (exact) mass is 235 g/mol. The van der Waals surface area contributed by atoms with E-state index in [9.17, 15) is 5.11 Å². The summed E-state index contributed by atoms with van der Waals surface area (Å²) >= 11 is 5.61. The third-order valence-corrected chi connectivity index (χ3v) is 2.68. The van der Waals surface area contributed by atoms with E-state index in [4.69, 9.17) is 11.6 Å². The Bertz CT molecular complexity index is 145. The van der Waals surface area contributed by atoms with Crippen LogP contribution in [0.2, 0.25) is 0 Å². The maximum Gasteiger partial charge on any atom is 0.0718 e. The number of halogens is 1. The average Bonchev–Trinajstić information content (AvgIpc) is 2.14. The second-order valence-electron chi connectivity index (χ2n) is 4.78. The Balaban J connectivity index is 3.53. The van der Waals surface area contributed by atoms with Gasteiger partial charge in [0.1, 0.15) is 0 Å². The van der Waals surface area contributed by atoms with Gasteiger partial charge < -0.3 is 10.0 Å². The van der Waals surface area contributed by atoms with Crippen LogP contribution >= 0.6 is 11.6 Å². The lowest BCUT2D eigenvalue weighted by atomic mass is 10.1. The predicted molar refractivity (Wildman–Crippen MR) is 67.6 cm³/mol. The van der Waals surface area contributed by atoms with Crippen LogP contribution in [0.3, 0.4) is 0 Å². The Morgan fingerprint density at radius 3 is 2.20 bits per heavy atom. The second kappa shape index (κ2) is 8.37. The van der Waals surface area contributed by atoms with Gasteiger partial charge in [-0.05, 0) is 39.8 Å². The SMILES string of the molecule is CCN(CCCCCCCl)CC(C)(C)O. The van der Waals surface area contributed by atoms with Gasteiger partial charge >= 0.3 is 0 Å². The standard InChI is InChI=1S/C12H26ClNO/c1-4-14(11-12(2,3)15)10-8-6-5-7-9-13/h15H,4-11H2,1-3H3. The van der Waals surface area contributed by atoms with Crippen molar-refractivity contribution in [2.45, 2.75) is 52.1 Å². The van der Waals surface area contributed by atoms with Gasteiger partial charge in [-0.25, -0.2) is 0 Å². The number of nitrogens with zero attached hydrogens (tertiary/aromatic N) is 1. The Morgan fingerprint density at radius 1 is 1.13 bits per heavy atom. The quantitative estimate of drug-likeness (QED) is 0.491. The van der Waals surface area contributed by atoms with Gasteiger partial charge in [0.25, 0.3) is 0 Å². The maximum atomic E-state index is 9.70. The number of likely N-dealkylation sites (N-methyl/N-ethyl adjacent to an activating group) is 1. The smallest absolute Gasteiger partial charge is 0.0718 e. The van der Waals surface area contributed by atoms with Crippen LogP contribution in [-0.4, -0.2) is 41.1 Å². The normalized spacial score (nSPS) is 12.4. The summed E-state index contributed by atoms with van der Waals surface area (Å²) in [6.45, 7) is 8.73. The third-order valence-electron chi connectivity index (χ3n) is 2.42. The summed E-state index contributed by atoms with van der Waals surface area (Å²) in [6.07, 6.45) is 4.80. The van der Waals surface area contributed by atoms with Crippen molar-refractivity contribution in [3.8, 4) is 0 Å². The molecule has 3 heteroatoms. The Morgan fingerprint density at radius 2 is 1.73 bits per heavy atom. The molecule has 1 N–H and O–H groups in total. The van der Waals surface area contributed by atoms with E-state index in [1.165, 1.54) is 19.3 Å².